The van der Waals surface area contributed by atoms with Crippen molar-refractivity contribution in [2.24, 2.45) is 0 Å². The monoisotopic (exact) mass is 222 g/mol. The average molecular weight is 223 g/mol. The molecule has 2 N–H and O–H groups in total. The number of halogens is 1. The van der Waals surface area contributed by atoms with E-state index in [9.17, 15) is 0 Å². The normalized spacial score (nSPS) is 16.9. The average Bonchev–Trinajstić information content (AvgIpc) is 2.25. The Balaban J connectivity index is 2.04. The lowest BCUT2D eigenvalue weighted by Crippen LogP contribution is -2.26. The summed E-state index contributed by atoms with van der Waals surface area (Å²) in [5.74, 6) is 0. The van der Waals surface area contributed by atoms with Gasteiger partial charge < -0.3 is 5.73 Å². The van der Waals surface area contributed by atoms with Crippen LogP contribution < -0.4 is 5.73 Å². The van der Waals surface area contributed by atoms with Crippen molar-refractivity contribution in [3.63, 3.8) is 0 Å². The van der Waals surface area contributed by atoms with E-state index in [4.69, 9.17) is 17.3 Å². The Bertz CT molecular complexity index is 374. The molecule has 0 amide bonds. The number of benzene rings is 1. The first-order valence-electron chi connectivity index (χ1n) is 5.17. The van der Waals surface area contributed by atoms with Crippen LogP contribution >= 0.6 is 11.6 Å². The van der Waals surface area contributed by atoms with Gasteiger partial charge in [0.2, 0.25) is 0 Å². The molecule has 80 valence electrons. The fourth-order valence-corrected chi connectivity index (χ4v) is 1.90. The predicted molar refractivity (Wildman–Crippen MR) is 64.9 cm³/mol. The minimum absolute atomic E-state index is 0.636. The van der Waals surface area contributed by atoms with Crippen LogP contribution in [0.25, 0.3) is 0 Å². The van der Waals surface area contributed by atoms with Crippen LogP contribution in [0.15, 0.2) is 30.4 Å². The molecule has 0 unspecified atom stereocenters. The van der Waals surface area contributed by atoms with Gasteiger partial charge in [0, 0.05) is 19.6 Å². The number of anilines is 1. The van der Waals surface area contributed by atoms with Crippen LogP contribution in [0.4, 0.5) is 5.69 Å². The van der Waals surface area contributed by atoms with Crippen LogP contribution in [0.1, 0.15) is 12.0 Å². The van der Waals surface area contributed by atoms with Gasteiger partial charge in [-0.1, -0.05) is 29.8 Å². The fourth-order valence-electron chi connectivity index (χ4n) is 1.78. The first-order chi connectivity index (χ1) is 7.25. The molecular weight excluding hydrogens is 208 g/mol. The Labute approximate surface area is 95.3 Å². The summed E-state index contributed by atoms with van der Waals surface area (Å²) in [7, 11) is 0. The number of hydrogen-bond donors (Lipinski definition) is 1. The molecule has 0 saturated heterocycles. The number of rotatable bonds is 2. The van der Waals surface area contributed by atoms with E-state index in [1.54, 1.807) is 0 Å². The maximum absolute atomic E-state index is 5.87. The van der Waals surface area contributed by atoms with E-state index in [1.807, 2.05) is 18.2 Å². The second-order valence-electron chi connectivity index (χ2n) is 3.85. The van der Waals surface area contributed by atoms with Crippen molar-refractivity contribution in [3.8, 4) is 0 Å². The van der Waals surface area contributed by atoms with Gasteiger partial charge in [-0.3, -0.25) is 4.90 Å². The molecule has 0 bridgehead atoms. The molecule has 1 aliphatic heterocycles. The Morgan fingerprint density at radius 2 is 2.20 bits per heavy atom. The van der Waals surface area contributed by atoms with Crippen LogP contribution in [-0.4, -0.2) is 18.0 Å². The van der Waals surface area contributed by atoms with E-state index < -0.39 is 0 Å². The van der Waals surface area contributed by atoms with Gasteiger partial charge in [0.1, 0.15) is 0 Å². The highest BCUT2D eigenvalue weighted by atomic mass is 35.5. The largest absolute Gasteiger partial charge is 0.398 e. The zero-order valence-corrected chi connectivity index (χ0v) is 9.37. The van der Waals surface area contributed by atoms with Gasteiger partial charge in [0.25, 0.3) is 0 Å². The van der Waals surface area contributed by atoms with Gasteiger partial charge in [-0.2, -0.15) is 0 Å². The summed E-state index contributed by atoms with van der Waals surface area (Å²) in [4.78, 5) is 2.39. The highest BCUT2D eigenvalue weighted by molar-refractivity contribution is 6.33. The van der Waals surface area contributed by atoms with E-state index in [0.29, 0.717) is 10.7 Å². The van der Waals surface area contributed by atoms with Gasteiger partial charge in [-0.25, -0.2) is 0 Å². The van der Waals surface area contributed by atoms with Gasteiger partial charge in [0.15, 0.2) is 0 Å². The zero-order chi connectivity index (χ0) is 10.7. The molecular formula is C12H15ClN2. The van der Waals surface area contributed by atoms with E-state index in [1.165, 1.54) is 5.56 Å². The quantitative estimate of drug-likeness (QED) is 0.616. The lowest BCUT2D eigenvalue weighted by molar-refractivity contribution is 0.291. The van der Waals surface area contributed by atoms with Crippen LogP contribution in [0, 0.1) is 0 Å². The third-order valence-corrected chi connectivity index (χ3v) is 2.95. The van der Waals surface area contributed by atoms with Crippen molar-refractivity contribution in [2.45, 2.75) is 13.0 Å². The van der Waals surface area contributed by atoms with Gasteiger partial charge in [0.05, 0.1) is 10.7 Å². The Kier molecular flexibility index (Phi) is 3.29. The van der Waals surface area contributed by atoms with Crippen molar-refractivity contribution in [3.05, 3.63) is 40.9 Å². The van der Waals surface area contributed by atoms with Gasteiger partial charge in [-0.15, -0.1) is 0 Å². The third kappa shape index (κ3) is 2.74. The number of hydrogen-bond acceptors (Lipinski definition) is 2. The minimum Gasteiger partial charge on any atom is -0.398 e. The predicted octanol–water partition coefficient (Wildman–Crippen LogP) is 2.68. The van der Waals surface area contributed by atoms with Crippen molar-refractivity contribution < 1.29 is 0 Å². The van der Waals surface area contributed by atoms with E-state index >= 15 is 0 Å². The summed E-state index contributed by atoms with van der Waals surface area (Å²) in [5.41, 5.74) is 7.66. The molecule has 15 heavy (non-hydrogen) atoms. The molecule has 1 aromatic carbocycles. The molecule has 0 aromatic heterocycles. The van der Waals surface area contributed by atoms with Crippen LogP contribution in [-0.2, 0) is 6.54 Å². The number of nitrogens with zero attached hydrogens (tertiary/aromatic N) is 1. The van der Waals surface area contributed by atoms with Crippen molar-refractivity contribution in [2.75, 3.05) is 18.8 Å². The molecule has 2 rings (SSSR count). The fraction of sp³-hybridized carbons (Fsp3) is 0.333. The Morgan fingerprint density at radius 1 is 1.33 bits per heavy atom. The van der Waals surface area contributed by atoms with Gasteiger partial charge in [-0.05, 0) is 24.1 Å². The highest BCUT2D eigenvalue weighted by Crippen LogP contribution is 2.20. The number of nitrogens with two attached hydrogens (primary N) is 1. The third-order valence-electron chi connectivity index (χ3n) is 2.61. The van der Waals surface area contributed by atoms with Crippen molar-refractivity contribution >= 4 is 17.3 Å². The number of nitrogen functional groups attached to an aromatic ring is 1. The molecule has 1 aliphatic rings. The highest BCUT2D eigenvalue weighted by Gasteiger charge is 2.07. The molecule has 0 atom stereocenters. The maximum Gasteiger partial charge on any atom is 0.0635 e. The Hall–Kier alpha value is -0.990. The summed E-state index contributed by atoms with van der Waals surface area (Å²) in [5, 5.41) is 0.636. The topological polar surface area (TPSA) is 29.3 Å². The maximum atomic E-state index is 5.87. The molecule has 2 nitrogen and oxygen atoms in total. The summed E-state index contributed by atoms with van der Waals surface area (Å²) >= 11 is 5.87. The SMILES string of the molecule is Nc1cc(CN2CC=CCC2)ccc1Cl. The van der Waals surface area contributed by atoms with Crippen molar-refractivity contribution in [1.29, 1.82) is 0 Å². The van der Waals surface area contributed by atoms with Gasteiger partial charge >= 0.3 is 0 Å². The second kappa shape index (κ2) is 4.69. The standard InChI is InChI=1S/C12H15ClN2/c13-11-5-4-10(8-12(11)14)9-15-6-2-1-3-7-15/h1-2,4-5,8H,3,6-7,9,14H2. The first kappa shape index (κ1) is 10.5. The molecule has 1 aromatic rings. The molecule has 0 fully saturated rings. The van der Waals surface area contributed by atoms with Crippen LogP contribution in [0.2, 0.25) is 5.02 Å². The lowest BCUT2D eigenvalue weighted by atomic mass is 10.1. The molecule has 0 radical (unpaired) electrons. The molecule has 1 heterocycles. The Morgan fingerprint density at radius 3 is 2.87 bits per heavy atom. The van der Waals surface area contributed by atoms with Crippen LogP contribution in [0.3, 0.4) is 0 Å². The van der Waals surface area contributed by atoms with E-state index in [2.05, 4.69) is 17.1 Å². The molecule has 0 aliphatic carbocycles. The summed E-state index contributed by atoms with van der Waals surface area (Å²) in [6, 6.07) is 5.86. The molecule has 0 spiro atoms. The lowest BCUT2D eigenvalue weighted by Gasteiger charge is -2.23. The smallest absolute Gasteiger partial charge is 0.0635 e. The van der Waals surface area contributed by atoms with Crippen molar-refractivity contribution in [1.82, 2.24) is 4.90 Å². The summed E-state index contributed by atoms with van der Waals surface area (Å²) < 4.78 is 0. The molecule has 0 saturated carbocycles. The summed E-state index contributed by atoms with van der Waals surface area (Å²) in [6.07, 6.45) is 5.58. The minimum atomic E-state index is 0.636. The summed E-state index contributed by atoms with van der Waals surface area (Å²) in [6.45, 7) is 3.10. The van der Waals surface area contributed by atoms with E-state index in [-0.39, 0.29) is 0 Å². The molecule has 3 heteroatoms. The first-order valence-corrected chi connectivity index (χ1v) is 5.55. The van der Waals surface area contributed by atoms with Crippen LogP contribution in [0.5, 0.6) is 0 Å². The van der Waals surface area contributed by atoms with E-state index in [0.717, 1.165) is 26.1 Å². The zero-order valence-electron chi connectivity index (χ0n) is 8.62. The second-order valence-corrected chi connectivity index (χ2v) is 4.26.